The van der Waals surface area contributed by atoms with Crippen molar-refractivity contribution in [3.8, 4) is 0 Å². The summed E-state index contributed by atoms with van der Waals surface area (Å²) >= 11 is 1.41. The Morgan fingerprint density at radius 3 is 2.59 bits per heavy atom. The Morgan fingerprint density at radius 1 is 1.45 bits per heavy atom. The molecule has 0 aliphatic rings. The molecule has 0 aromatic heterocycles. The highest BCUT2D eigenvalue weighted by atomic mass is 32.2. The van der Waals surface area contributed by atoms with Crippen molar-refractivity contribution >= 4 is 29.3 Å². The van der Waals surface area contributed by atoms with Gasteiger partial charge in [0.15, 0.2) is 0 Å². The van der Waals surface area contributed by atoms with Crippen molar-refractivity contribution in [1.82, 2.24) is 4.90 Å². The number of benzene rings is 1. The van der Waals surface area contributed by atoms with Crippen molar-refractivity contribution < 1.29 is 19.6 Å². The minimum absolute atomic E-state index is 0.0348. The lowest BCUT2D eigenvalue weighted by atomic mass is 10.1. The summed E-state index contributed by atoms with van der Waals surface area (Å²) in [7, 11) is 1.49. The highest BCUT2D eigenvalue weighted by molar-refractivity contribution is 7.99. The van der Waals surface area contributed by atoms with Crippen LogP contribution in [0.5, 0.6) is 0 Å². The molecule has 1 unspecified atom stereocenters. The Morgan fingerprint density at radius 2 is 2.09 bits per heavy atom. The van der Waals surface area contributed by atoms with E-state index in [1.54, 1.807) is 6.07 Å². The van der Waals surface area contributed by atoms with Crippen LogP contribution < -0.4 is 0 Å². The summed E-state index contributed by atoms with van der Waals surface area (Å²) in [5.41, 5.74) is 0.0598. The van der Waals surface area contributed by atoms with Gasteiger partial charge in [0.2, 0.25) is 0 Å². The minimum atomic E-state index is -0.998. The molecule has 0 fully saturated rings. The second-order valence-electron chi connectivity index (χ2n) is 4.80. The number of nitro groups is 1. The van der Waals surface area contributed by atoms with E-state index >= 15 is 0 Å². The molecule has 1 aromatic rings. The van der Waals surface area contributed by atoms with E-state index in [4.69, 9.17) is 5.11 Å². The third-order valence-corrected chi connectivity index (χ3v) is 3.98. The van der Waals surface area contributed by atoms with Crippen LogP contribution in [0.1, 0.15) is 24.2 Å². The summed E-state index contributed by atoms with van der Waals surface area (Å²) in [6, 6.07) is 4.14. The van der Waals surface area contributed by atoms with E-state index in [-0.39, 0.29) is 17.8 Å². The summed E-state index contributed by atoms with van der Waals surface area (Å²) in [5.74, 6) is -1.42. The van der Waals surface area contributed by atoms with Crippen molar-refractivity contribution in [2.24, 2.45) is 5.92 Å². The predicted molar refractivity (Wildman–Crippen MR) is 83.3 cm³/mol. The Bertz CT molecular complexity index is 591. The van der Waals surface area contributed by atoms with E-state index in [2.05, 4.69) is 0 Å². The van der Waals surface area contributed by atoms with Crippen LogP contribution in [-0.2, 0) is 4.79 Å². The maximum Gasteiger partial charge on any atom is 0.308 e. The van der Waals surface area contributed by atoms with E-state index < -0.39 is 22.7 Å². The van der Waals surface area contributed by atoms with Gasteiger partial charge in [-0.3, -0.25) is 19.7 Å². The maximum atomic E-state index is 12.5. The molecule has 0 aliphatic heterocycles. The number of thioether (sulfide) groups is 1. The minimum Gasteiger partial charge on any atom is -0.481 e. The van der Waals surface area contributed by atoms with Crippen molar-refractivity contribution in [3.05, 3.63) is 33.9 Å². The average Bonchev–Trinajstić information content (AvgIpc) is 2.46. The zero-order valence-electron chi connectivity index (χ0n) is 12.6. The first-order chi connectivity index (χ1) is 10.3. The molecule has 1 N–H and O–H groups in total. The molecule has 0 saturated heterocycles. The number of rotatable bonds is 7. The molecule has 0 saturated carbocycles. The van der Waals surface area contributed by atoms with Gasteiger partial charge in [-0.2, -0.15) is 0 Å². The first-order valence-electron chi connectivity index (χ1n) is 6.67. The molecule has 1 amide bonds. The van der Waals surface area contributed by atoms with Crippen LogP contribution in [0.3, 0.4) is 0 Å². The molecular formula is C14H18N2O5S. The number of carboxylic acids is 1. The molecule has 22 heavy (non-hydrogen) atoms. The highest BCUT2D eigenvalue weighted by Gasteiger charge is 2.22. The Balaban J connectivity index is 3.10. The summed E-state index contributed by atoms with van der Waals surface area (Å²) in [5, 5.41) is 19.8. The smallest absolute Gasteiger partial charge is 0.308 e. The van der Waals surface area contributed by atoms with E-state index in [9.17, 15) is 19.7 Å². The van der Waals surface area contributed by atoms with Gasteiger partial charge in [-0.1, -0.05) is 13.8 Å². The van der Waals surface area contributed by atoms with E-state index in [0.29, 0.717) is 10.6 Å². The second kappa shape index (κ2) is 7.79. The molecule has 7 nitrogen and oxygen atoms in total. The average molecular weight is 326 g/mol. The van der Waals surface area contributed by atoms with Gasteiger partial charge in [0.05, 0.1) is 16.4 Å². The van der Waals surface area contributed by atoms with E-state index in [1.165, 1.54) is 42.8 Å². The monoisotopic (exact) mass is 326 g/mol. The summed E-state index contributed by atoms with van der Waals surface area (Å²) in [4.78, 5) is 35.6. The highest BCUT2D eigenvalue weighted by Crippen LogP contribution is 2.27. The molecule has 1 atom stereocenters. The SMILES string of the molecule is CCSc1ccc([N+](=O)[O-])cc1C(=O)N(C)CC(C)C(=O)O. The fraction of sp³-hybridized carbons (Fsp3) is 0.429. The van der Waals surface area contributed by atoms with Crippen molar-refractivity contribution in [2.45, 2.75) is 18.7 Å². The number of carboxylic acid groups (broad SMARTS) is 1. The number of nitro benzene ring substituents is 1. The number of hydrogen-bond acceptors (Lipinski definition) is 5. The van der Waals surface area contributed by atoms with Crippen molar-refractivity contribution in [1.29, 1.82) is 0 Å². The van der Waals surface area contributed by atoms with Crippen LogP contribution in [0.15, 0.2) is 23.1 Å². The molecule has 1 aromatic carbocycles. The van der Waals surface area contributed by atoms with Gasteiger partial charge in [-0.05, 0) is 11.8 Å². The quantitative estimate of drug-likeness (QED) is 0.469. The van der Waals surface area contributed by atoms with Gasteiger partial charge in [0, 0.05) is 30.6 Å². The lowest BCUT2D eigenvalue weighted by Gasteiger charge is -2.20. The van der Waals surface area contributed by atoms with Crippen LogP contribution in [-0.4, -0.2) is 46.2 Å². The Labute approximate surface area is 132 Å². The van der Waals surface area contributed by atoms with Gasteiger partial charge in [0.25, 0.3) is 11.6 Å². The topological polar surface area (TPSA) is 101 Å². The van der Waals surface area contributed by atoms with Crippen LogP contribution in [0.25, 0.3) is 0 Å². The molecule has 0 spiro atoms. The van der Waals surface area contributed by atoms with E-state index in [0.717, 1.165) is 0 Å². The predicted octanol–water partition coefficient (Wildman–Crippen LogP) is 2.50. The summed E-state index contributed by atoms with van der Waals surface area (Å²) in [6.07, 6.45) is 0. The molecule has 0 heterocycles. The van der Waals surface area contributed by atoms with Gasteiger partial charge in [-0.25, -0.2) is 0 Å². The maximum absolute atomic E-state index is 12.5. The molecule has 0 radical (unpaired) electrons. The standard InChI is InChI=1S/C14H18N2O5S/c1-4-22-12-6-5-10(16(20)21)7-11(12)13(17)15(3)8-9(2)14(18)19/h5-7,9H,4,8H2,1-3H3,(H,18,19). The summed E-state index contributed by atoms with van der Waals surface area (Å²) in [6.45, 7) is 3.45. The van der Waals surface area contributed by atoms with Gasteiger partial charge >= 0.3 is 5.97 Å². The third-order valence-electron chi connectivity index (χ3n) is 3.02. The zero-order chi connectivity index (χ0) is 16.9. The molecule has 0 aliphatic carbocycles. The number of non-ortho nitro benzene ring substituents is 1. The Hall–Kier alpha value is -2.09. The van der Waals surface area contributed by atoms with Gasteiger partial charge in [-0.15, -0.1) is 11.8 Å². The molecular weight excluding hydrogens is 308 g/mol. The lowest BCUT2D eigenvalue weighted by Crippen LogP contribution is -2.34. The van der Waals surface area contributed by atoms with Crippen LogP contribution >= 0.6 is 11.8 Å². The fourth-order valence-electron chi connectivity index (χ4n) is 1.86. The third kappa shape index (κ3) is 4.45. The zero-order valence-corrected chi connectivity index (χ0v) is 13.4. The van der Waals surface area contributed by atoms with Crippen LogP contribution in [0.2, 0.25) is 0 Å². The largest absolute Gasteiger partial charge is 0.481 e. The number of amides is 1. The van der Waals surface area contributed by atoms with Gasteiger partial charge < -0.3 is 10.0 Å². The number of carbonyl (C=O) groups is 2. The Kier molecular flexibility index (Phi) is 6.36. The number of hydrogen-bond donors (Lipinski definition) is 1. The number of nitrogens with zero attached hydrogens (tertiary/aromatic N) is 2. The molecule has 0 bridgehead atoms. The van der Waals surface area contributed by atoms with Crippen LogP contribution in [0, 0.1) is 16.0 Å². The molecule has 8 heteroatoms. The normalized spacial score (nSPS) is 11.8. The molecule has 120 valence electrons. The number of carbonyl (C=O) groups excluding carboxylic acids is 1. The number of aliphatic carboxylic acids is 1. The second-order valence-corrected chi connectivity index (χ2v) is 6.10. The first-order valence-corrected chi connectivity index (χ1v) is 7.66. The van der Waals surface area contributed by atoms with Gasteiger partial charge in [0.1, 0.15) is 0 Å². The van der Waals surface area contributed by atoms with Crippen molar-refractivity contribution in [3.63, 3.8) is 0 Å². The lowest BCUT2D eigenvalue weighted by molar-refractivity contribution is -0.384. The summed E-state index contributed by atoms with van der Waals surface area (Å²) < 4.78 is 0. The van der Waals surface area contributed by atoms with Crippen LogP contribution in [0.4, 0.5) is 5.69 Å². The van der Waals surface area contributed by atoms with E-state index in [1.807, 2.05) is 6.92 Å². The molecule has 1 rings (SSSR count). The van der Waals surface area contributed by atoms with Crippen molar-refractivity contribution in [2.75, 3.05) is 19.3 Å². The first kappa shape index (κ1) is 18.0. The fourth-order valence-corrected chi connectivity index (χ4v) is 2.63.